The van der Waals surface area contributed by atoms with Crippen LogP contribution < -0.4 is 4.74 Å². The van der Waals surface area contributed by atoms with E-state index in [4.69, 9.17) is 16.3 Å². The lowest BCUT2D eigenvalue weighted by Crippen LogP contribution is -2.41. The summed E-state index contributed by atoms with van der Waals surface area (Å²) in [6, 6.07) is 3.63. The number of aromatic amines is 1. The van der Waals surface area contributed by atoms with E-state index in [1.165, 1.54) is 0 Å². The summed E-state index contributed by atoms with van der Waals surface area (Å²) < 4.78 is 5.81. The lowest BCUT2D eigenvalue weighted by molar-refractivity contribution is -0.139. The number of aromatic nitrogens is 2. The van der Waals surface area contributed by atoms with Crippen molar-refractivity contribution in [1.82, 2.24) is 14.9 Å². The van der Waals surface area contributed by atoms with E-state index in [0.717, 1.165) is 22.6 Å². The Labute approximate surface area is 152 Å². The molecule has 25 heavy (non-hydrogen) atoms. The van der Waals surface area contributed by atoms with Crippen LogP contribution in [0.25, 0.3) is 0 Å². The van der Waals surface area contributed by atoms with Crippen LogP contribution >= 0.6 is 11.6 Å². The van der Waals surface area contributed by atoms with Gasteiger partial charge in [-0.25, -0.2) is 4.98 Å². The fourth-order valence-electron chi connectivity index (χ4n) is 2.63. The molecule has 136 valence electrons. The molecule has 0 aliphatic carbocycles. The number of imidazole rings is 1. The van der Waals surface area contributed by atoms with E-state index in [-0.39, 0.29) is 19.1 Å². The Morgan fingerprint density at radius 3 is 2.52 bits per heavy atom. The van der Waals surface area contributed by atoms with Crippen molar-refractivity contribution in [1.29, 1.82) is 0 Å². The van der Waals surface area contributed by atoms with Crippen molar-refractivity contribution in [3.8, 4) is 5.75 Å². The first-order chi connectivity index (χ1) is 11.8. The van der Waals surface area contributed by atoms with Gasteiger partial charge in [-0.2, -0.15) is 0 Å². The molecule has 0 saturated heterocycles. The minimum Gasteiger partial charge on any atom is -0.481 e. The minimum atomic E-state index is -0.685. The molecule has 1 heterocycles. The molecule has 0 fully saturated rings. The zero-order valence-electron chi connectivity index (χ0n) is 15.0. The van der Waals surface area contributed by atoms with Crippen LogP contribution in [0.1, 0.15) is 29.6 Å². The number of nitrogens with zero attached hydrogens (tertiary/aromatic N) is 2. The predicted molar refractivity (Wildman–Crippen MR) is 96.8 cm³/mol. The van der Waals surface area contributed by atoms with Gasteiger partial charge in [0.05, 0.1) is 25.0 Å². The number of aliphatic hydroxyl groups is 1. The molecule has 2 rings (SSSR count). The summed E-state index contributed by atoms with van der Waals surface area (Å²) in [6.07, 6.45) is 1.00. The number of ether oxygens (including phenoxy) is 1. The number of halogens is 1. The predicted octanol–water partition coefficient (Wildman–Crippen LogP) is 2.78. The van der Waals surface area contributed by atoms with E-state index in [1.807, 2.05) is 32.9 Å². The quantitative estimate of drug-likeness (QED) is 0.790. The van der Waals surface area contributed by atoms with Crippen molar-refractivity contribution in [2.24, 2.45) is 0 Å². The van der Waals surface area contributed by atoms with E-state index in [1.54, 1.807) is 18.0 Å². The number of aliphatic hydroxyl groups excluding tert-OH is 1. The summed E-state index contributed by atoms with van der Waals surface area (Å²) in [5, 5.41) is 9.97. The number of nitrogens with one attached hydrogen (secondary N) is 1. The van der Waals surface area contributed by atoms with E-state index in [2.05, 4.69) is 9.97 Å². The van der Waals surface area contributed by atoms with Crippen LogP contribution in [-0.4, -0.2) is 45.1 Å². The monoisotopic (exact) mass is 365 g/mol. The van der Waals surface area contributed by atoms with Crippen LogP contribution in [0.2, 0.25) is 5.02 Å². The maximum atomic E-state index is 12.7. The topological polar surface area (TPSA) is 78.4 Å². The highest BCUT2D eigenvalue weighted by atomic mass is 35.5. The summed E-state index contributed by atoms with van der Waals surface area (Å²) in [5.74, 6) is 1.18. The van der Waals surface area contributed by atoms with Gasteiger partial charge in [0.25, 0.3) is 5.91 Å². The van der Waals surface area contributed by atoms with Gasteiger partial charge in [-0.1, -0.05) is 11.6 Å². The molecule has 1 amide bonds. The molecule has 6 nitrogen and oxygen atoms in total. The Bertz CT molecular complexity index is 722. The molecule has 2 N–H and O–H groups in total. The molecule has 0 radical (unpaired) electrons. The zero-order valence-corrected chi connectivity index (χ0v) is 15.7. The number of H-pyrrole nitrogens is 1. The van der Waals surface area contributed by atoms with E-state index in [0.29, 0.717) is 17.3 Å². The number of hydrogen-bond donors (Lipinski definition) is 2. The molecule has 1 aromatic carbocycles. The Morgan fingerprint density at radius 2 is 2.00 bits per heavy atom. The average molecular weight is 366 g/mol. The summed E-state index contributed by atoms with van der Waals surface area (Å²) in [6.45, 7) is 7.78. The minimum absolute atomic E-state index is 0.120. The van der Waals surface area contributed by atoms with Crippen molar-refractivity contribution < 1.29 is 14.6 Å². The molecule has 0 saturated carbocycles. The molecule has 0 aliphatic rings. The maximum Gasteiger partial charge on any atom is 0.263 e. The lowest BCUT2D eigenvalue weighted by atomic mass is 10.1. The Kier molecular flexibility index (Phi) is 6.45. The number of benzene rings is 1. The van der Waals surface area contributed by atoms with Gasteiger partial charge < -0.3 is 19.7 Å². The molecule has 0 spiro atoms. The number of hydrogen-bond acceptors (Lipinski definition) is 4. The number of carbonyl (C=O) groups is 1. The second kappa shape index (κ2) is 8.36. The first-order valence-electron chi connectivity index (χ1n) is 8.15. The smallest absolute Gasteiger partial charge is 0.263 e. The molecule has 1 atom stereocenters. The number of amides is 1. The number of aryl methyl sites for hydroxylation is 3. The number of carbonyl (C=O) groups excluding carboxylic acids is 1. The SMILES string of the molecule is Cc1ncc(CN(CCO)C(=O)C(C)Oc2cc(C)c(Cl)c(C)c2)[nH]1. The standard InChI is InChI=1S/C18H24ClN3O3/c1-11-7-16(8-12(2)17(11)19)25-13(3)18(24)22(5-6-23)10-15-9-20-14(4)21-15/h7-9,13,23H,5-6,10H2,1-4H3,(H,20,21). The Balaban J connectivity index is 2.09. The van der Waals surface area contributed by atoms with E-state index >= 15 is 0 Å². The molecule has 1 aromatic heterocycles. The van der Waals surface area contributed by atoms with E-state index < -0.39 is 6.10 Å². The van der Waals surface area contributed by atoms with Crippen LogP contribution in [0.4, 0.5) is 0 Å². The van der Waals surface area contributed by atoms with Crippen molar-refractivity contribution in [3.63, 3.8) is 0 Å². The highest BCUT2D eigenvalue weighted by Gasteiger charge is 2.23. The van der Waals surface area contributed by atoms with Gasteiger partial charge in [0, 0.05) is 11.6 Å². The van der Waals surface area contributed by atoms with Crippen molar-refractivity contribution in [2.75, 3.05) is 13.2 Å². The molecular weight excluding hydrogens is 342 g/mol. The van der Waals surface area contributed by atoms with Gasteiger partial charge >= 0.3 is 0 Å². The van der Waals surface area contributed by atoms with Crippen molar-refractivity contribution >= 4 is 17.5 Å². The Hall–Kier alpha value is -2.05. The first-order valence-corrected chi connectivity index (χ1v) is 8.53. The second-order valence-electron chi connectivity index (χ2n) is 6.11. The van der Waals surface area contributed by atoms with Crippen LogP contribution in [0, 0.1) is 20.8 Å². The fourth-order valence-corrected chi connectivity index (χ4v) is 2.74. The summed E-state index contributed by atoms with van der Waals surface area (Å²) in [7, 11) is 0. The van der Waals surface area contributed by atoms with Crippen LogP contribution in [0.3, 0.4) is 0 Å². The van der Waals surface area contributed by atoms with Crippen LogP contribution in [0.15, 0.2) is 18.3 Å². The molecule has 1 unspecified atom stereocenters. The van der Waals surface area contributed by atoms with Gasteiger partial charge in [0.2, 0.25) is 0 Å². The summed E-state index contributed by atoms with van der Waals surface area (Å²) in [5.41, 5.74) is 2.61. The van der Waals surface area contributed by atoms with Gasteiger partial charge in [-0.15, -0.1) is 0 Å². The van der Waals surface area contributed by atoms with Crippen LogP contribution in [0.5, 0.6) is 5.75 Å². The van der Waals surface area contributed by atoms with Gasteiger partial charge in [0.15, 0.2) is 6.10 Å². The van der Waals surface area contributed by atoms with Crippen LogP contribution in [-0.2, 0) is 11.3 Å². The third-order valence-electron chi connectivity index (χ3n) is 3.87. The highest BCUT2D eigenvalue weighted by molar-refractivity contribution is 6.32. The zero-order chi connectivity index (χ0) is 18.6. The van der Waals surface area contributed by atoms with Gasteiger partial charge in [0.1, 0.15) is 11.6 Å². The highest BCUT2D eigenvalue weighted by Crippen LogP contribution is 2.26. The third kappa shape index (κ3) is 4.96. The molecule has 0 aliphatic heterocycles. The molecule has 0 bridgehead atoms. The van der Waals surface area contributed by atoms with E-state index in [9.17, 15) is 9.90 Å². The van der Waals surface area contributed by atoms with Gasteiger partial charge in [-0.05, 0) is 51.0 Å². The fraction of sp³-hybridized carbons (Fsp3) is 0.444. The van der Waals surface area contributed by atoms with Crippen molar-refractivity contribution in [2.45, 2.75) is 40.3 Å². The average Bonchev–Trinajstić information content (AvgIpc) is 2.96. The second-order valence-corrected chi connectivity index (χ2v) is 6.49. The largest absolute Gasteiger partial charge is 0.481 e. The molecule has 2 aromatic rings. The van der Waals surface area contributed by atoms with Crippen molar-refractivity contribution in [3.05, 3.63) is 46.0 Å². The lowest BCUT2D eigenvalue weighted by Gasteiger charge is -2.25. The summed E-state index contributed by atoms with van der Waals surface area (Å²) >= 11 is 6.16. The first kappa shape index (κ1) is 19.3. The molecule has 7 heteroatoms. The number of rotatable bonds is 7. The van der Waals surface area contributed by atoms with Gasteiger partial charge in [-0.3, -0.25) is 4.79 Å². The summed E-state index contributed by atoms with van der Waals surface area (Å²) in [4.78, 5) is 21.5. The maximum absolute atomic E-state index is 12.7. The molecular formula is C18H24ClN3O3. The third-order valence-corrected chi connectivity index (χ3v) is 4.47. The Morgan fingerprint density at radius 1 is 1.36 bits per heavy atom. The normalized spacial score (nSPS) is 12.1.